The molecule has 6 heteroatoms. The summed E-state index contributed by atoms with van der Waals surface area (Å²) in [5, 5.41) is 3.07. The lowest BCUT2D eigenvalue weighted by Crippen LogP contribution is -2.46. The first kappa shape index (κ1) is 17.9. The number of hydrogen-bond donors (Lipinski definition) is 1. The summed E-state index contributed by atoms with van der Waals surface area (Å²) in [6.45, 7) is -0.128. The quantitative estimate of drug-likeness (QED) is 0.824. The van der Waals surface area contributed by atoms with Gasteiger partial charge < -0.3 is 5.32 Å². The molecule has 1 aromatic carbocycles. The van der Waals surface area contributed by atoms with Crippen LogP contribution in [-0.2, 0) is 21.2 Å². The van der Waals surface area contributed by atoms with Crippen LogP contribution in [-0.4, -0.2) is 44.5 Å². The highest BCUT2D eigenvalue weighted by atomic mass is 32.2. The second-order valence-electron chi connectivity index (χ2n) is 6.43. The summed E-state index contributed by atoms with van der Waals surface area (Å²) >= 11 is 0. The smallest absolute Gasteiger partial charge is 0.235 e. The zero-order valence-corrected chi connectivity index (χ0v) is 14.7. The van der Waals surface area contributed by atoms with Crippen LogP contribution in [0.25, 0.3) is 0 Å². The molecule has 1 fully saturated rings. The Balaban J connectivity index is 2.01. The van der Waals surface area contributed by atoms with Gasteiger partial charge in [0.25, 0.3) is 0 Å². The van der Waals surface area contributed by atoms with E-state index in [9.17, 15) is 13.2 Å². The van der Waals surface area contributed by atoms with Crippen LogP contribution in [0.15, 0.2) is 30.3 Å². The SMILES string of the molecule is CN(CC(=O)NC(Cc1ccccc1)C1CCCC1)S(C)(=O)=O. The molecule has 5 nitrogen and oxygen atoms in total. The summed E-state index contributed by atoms with van der Waals surface area (Å²) in [6, 6.07) is 10.2. The number of benzene rings is 1. The van der Waals surface area contributed by atoms with Gasteiger partial charge in [0.1, 0.15) is 0 Å². The van der Waals surface area contributed by atoms with E-state index >= 15 is 0 Å². The van der Waals surface area contributed by atoms with Gasteiger partial charge in [-0.1, -0.05) is 43.2 Å². The fraction of sp³-hybridized carbons (Fsp3) is 0.588. The van der Waals surface area contributed by atoms with Gasteiger partial charge >= 0.3 is 0 Å². The average Bonchev–Trinajstić information content (AvgIpc) is 3.00. The molecule has 1 unspecified atom stereocenters. The standard InChI is InChI=1S/C17H26N2O3S/c1-19(23(2,21)22)13-17(20)18-16(15-10-6-7-11-15)12-14-8-4-3-5-9-14/h3-5,8-9,15-16H,6-7,10-13H2,1-2H3,(H,18,20). The molecule has 0 heterocycles. The van der Waals surface area contributed by atoms with Crippen LogP contribution < -0.4 is 5.32 Å². The first-order chi connectivity index (χ1) is 10.9. The number of nitrogens with zero attached hydrogens (tertiary/aromatic N) is 1. The normalized spacial score (nSPS) is 17.3. The Kier molecular flexibility index (Phi) is 6.18. The van der Waals surface area contributed by atoms with Crippen LogP contribution in [0.3, 0.4) is 0 Å². The number of hydrogen-bond acceptors (Lipinski definition) is 3. The van der Waals surface area contributed by atoms with Gasteiger partial charge in [-0.05, 0) is 30.7 Å². The topological polar surface area (TPSA) is 66.5 Å². The Bertz CT molecular complexity index is 610. The molecule has 128 valence electrons. The average molecular weight is 338 g/mol. The second-order valence-corrected chi connectivity index (χ2v) is 8.52. The highest BCUT2D eigenvalue weighted by molar-refractivity contribution is 7.88. The molecule has 0 radical (unpaired) electrons. The van der Waals surface area contributed by atoms with E-state index in [1.54, 1.807) is 0 Å². The number of likely N-dealkylation sites (N-methyl/N-ethyl adjacent to an activating group) is 1. The van der Waals surface area contributed by atoms with Crippen molar-refractivity contribution in [1.29, 1.82) is 0 Å². The van der Waals surface area contributed by atoms with Crippen molar-refractivity contribution in [1.82, 2.24) is 9.62 Å². The van der Waals surface area contributed by atoms with Crippen molar-refractivity contribution < 1.29 is 13.2 Å². The Morgan fingerprint density at radius 3 is 2.43 bits per heavy atom. The predicted molar refractivity (Wildman–Crippen MR) is 91.5 cm³/mol. The monoisotopic (exact) mass is 338 g/mol. The van der Waals surface area contributed by atoms with Crippen LogP contribution in [0.5, 0.6) is 0 Å². The fourth-order valence-electron chi connectivity index (χ4n) is 3.14. The molecule has 0 aliphatic heterocycles. The molecule has 0 saturated heterocycles. The van der Waals surface area contributed by atoms with Crippen LogP contribution in [0.4, 0.5) is 0 Å². The van der Waals surface area contributed by atoms with Crippen LogP contribution in [0, 0.1) is 5.92 Å². The van der Waals surface area contributed by atoms with E-state index in [2.05, 4.69) is 17.4 Å². The van der Waals surface area contributed by atoms with Crippen molar-refractivity contribution in [2.24, 2.45) is 5.92 Å². The maximum absolute atomic E-state index is 12.2. The van der Waals surface area contributed by atoms with E-state index in [0.717, 1.165) is 29.8 Å². The zero-order valence-electron chi connectivity index (χ0n) is 13.9. The van der Waals surface area contributed by atoms with Gasteiger partial charge in [0.05, 0.1) is 12.8 Å². The van der Waals surface area contributed by atoms with Gasteiger partial charge in [-0.2, -0.15) is 4.31 Å². The summed E-state index contributed by atoms with van der Waals surface area (Å²) in [5.41, 5.74) is 1.20. The van der Waals surface area contributed by atoms with Crippen molar-refractivity contribution in [3.05, 3.63) is 35.9 Å². The molecule has 23 heavy (non-hydrogen) atoms. The molecule has 1 aromatic rings. The number of rotatable bonds is 7. The Labute approximate surface area is 139 Å². The minimum atomic E-state index is -3.34. The first-order valence-electron chi connectivity index (χ1n) is 8.11. The Morgan fingerprint density at radius 2 is 1.87 bits per heavy atom. The van der Waals surface area contributed by atoms with Gasteiger partial charge in [-0.25, -0.2) is 8.42 Å². The Morgan fingerprint density at radius 1 is 1.26 bits per heavy atom. The van der Waals surface area contributed by atoms with Crippen molar-refractivity contribution in [3.63, 3.8) is 0 Å². The molecule has 2 rings (SSSR count). The summed E-state index contributed by atoms with van der Waals surface area (Å²) in [6.07, 6.45) is 6.56. The third-order valence-corrected chi connectivity index (χ3v) is 5.81. The lowest BCUT2D eigenvalue weighted by Gasteiger charge is -2.26. The molecule has 1 aliphatic rings. The van der Waals surface area contributed by atoms with E-state index in [-0.39, 0.29) is 18.5 Å². The van der Waals surface area contributed by atoms with E-state index in [1.165, 1.54) is 25.5 Å². The maximum atomic E-state index is 12.2. The molecule has 1 saturated carbocycles. The fourth-order valence-corrected chi connectivity index (χ4v) is 3.49. The van der Waals surface area contributed by atoms with Gasteiger partial charge in [0.2, 0.25) is 15.9 Å². The largest absolute Gasteiger partial charge is 0.352 e. The third kappa shape index (κ3) is 5.62. The highest BCUT2D eigenvalue weighted by Gasteiger charge is 2.27. The lowest BCUT2D eigenvalue weighted by atomic mass is 9.92. The molecular formula is C17H26N2O3S. The molecule has 1 amide bonds. The number of nitrogens with one attached hydrogen (secondary N) is 1. The summed E-state index contributed by atoms with van der Waals surface area (Å²) in [5.74, 6) is 0.244. The molecule has 0 spiro atoms. The van der Waals surface area contributed by atoms with E-state index in [1.807, 2.05) is 18.2 Å². The third-order valence-electron chi connectivity index (χ3n) is 4.55. The van der Waals surface area contributed by atoms with E-state index in [4.69, 9.17) is 0 Å². The van der Waals surface area contributed by atoms with Gasteiger partial charge in [-0.15, -0.1) is 0 Å². The molecular weight excluding hydrogens is 312 g/mol. The number of sulfonamides is 1. The second kappa shape index (κ2) is 7.93. The highest BCUT2D eigenvalue weighted by Crippen LogP contribution is 2.29. The predicted octanol–water partition coefficient (Wildman–Crippen LogP) is 1.80. The van der Waals surface area contributed by atoms with E-state index in [0.29, 0.717) is 5.92 Å². The van der Waals surface area contributed by atoms with E-state index < -0.39 is 10.0 Å². The van der Waals surface area contributed by atoms with Crippen LogP contribution >= 0.6 is 0 Å². The van der Waals surface area contributed by atoms with Crippen molar-refractivity contribution in [2.45, 2.75) is 38.1 Å². The molecule has 1 atom stereocenters. The maximum Gasteiger partial charge on any atom is 0.235 e. The number of amides is 1. The summed E-state index contributed by atoms with van der Waals surface area (Å²) in [4.78, 5) is 12.2. The molecule has 0 bridgehead atoms. The molecule has 1 aliphatic carbocycles. The Hall–Kier alpha value is -1.40. The minimum Gasteiger partial charge on any atom is -0.352 e. The molecule has 0 aromatic heterocycles. The minimum absolute atomic E-state index is 0.0698. The van der Waals surface area contributed by atoms with Gasteiger partial charge in [0, 0.05) is 13.1 Å². The van der Waals surface area contributed by atoms with Crippen LogP contribution in [0.1, 0.15) is 31.2 Å². The molecule has 1 N–H and O–H groups in total. The zero-order chi connectivity index (χ0) is 16.9. The number of carbonyl (C=O) groups is 1. The van der Waals surface area contributed by atoms with Gasteiger partial charge in [-0.3, -0.25) is 4.79 Å². The van der Waals surface area contributed by atoms with Crippen molar-refractivity contribution in [3.8, 4) is 0 Å². The summed E-state index contributed by atoms with van der Waals surface area (Å²) < 4.78 is 24.0. The van der Waals surface area contributed by atoms with Crippen molar-refractivity contribution in [2.75, 3.05) is 19.8 Å². The first-order valence-corrected chi connectivity index (χ1v) is 9.95. The lowest BCUT2D eigenvalue weighted by molar-refractivity contribution is -0.122. The number of carbonyl (C=O) groups excluding carboxylic acids is 1. The van der Waals surface area contributed by atoms with Crippen LogP contribution in [0.2, 0.25) is 0 Å². The van der Waals surface area contributed by atoms with Crippen molar-refractivity contribution >= 4 is 15.9 Å². The van der Waals surface area contributed by atoms with Gasteiger partial charge in [0.15, 0.2) is 0 Å². The summed E-state index contributed by atoms with van der Waals surface area (Å²) in [7, 11) is -1.91.